The van der Waals surface area contributed by atoms with Gasteiger partial charge in [-0.3, -0.25) is 9.97 Å². The van der Waals surface area contributed by atoms with Crippen molar-refractivity contribution in [3.8, 4) is 28.1 Å². The Bertz CT molecular complexity index is 2060. The molecule has 0 atom stereocenters. The Hall–Kier alpha value is -4.76. The first kappa shape index (κ1) is 21.3. The lowest BCUT2D eigenvalue weighted by molar-refractivity contribution is 0.628. The van der Waals surface area contributed by atoms with Crippen LogP contribution in [0.1, 0.15) is 25.0 Å². The number of pyridine rings is 2. The van der Waals surface area contributed by atoms with Crippen molar-refractivity contribution in [1.29, 1.82) is 0 Å². The van der Waals surface area contributed by atoms with E-state index < -0.39 is 0 Å². The van der Waals surface area contributed by atoms with Crippen LogP contribution in [0.4, 0.5) is 0 Å². The zero-order chi connectivity index (χ0) is 25.4. The van der Waals surface area contributed by atoms with Crippen molar-refractivity contribution >= 4 is 32.6 Å². The van der Waals surface area contributed by atoms with Crippen molar-refractivity contribution < 1.29 is 0 Å². The maximum Gasteiger partial charge on any atom is 0.0780 e. The first-order chi connectivity index (χ1) is 18.6. The predicted octanol–water partition coefficient (Wildman–Crippen LogP) is 8.70. The van der Waals surface area contributed by atoms with Gasteiger partial charge < -0.3 is 4.57 Å². The van der Waals surface area contributed by atoms with Gasteiger partial charge in [-0.05, 0) is 58.0 Å². The average Bonchev–Trinajstić information content (AvgIpc) is 3.30. The Labute approximate surface area is 221 Å². The number of aromatic nitrogens is 3. The molecule has 0 saturated heterocycles. The molecule has 0 radical (unpaired) electrons. The molecule has 0 fully saturated rings. The van der Waals surface area contributed by atoms with Crippen LogP contribution in [-0.2, 0) is 5.41 Å². The van der Waals surface area contributed by atoms with Gasteiger partial charge in [-0.25, -0.2) is 0 Å². The summed E-state index contributed by atoms with van der Waals surface area (Å²) in [4.78, 5) is 9.27. The monoisotopic (exact) mass is 487 g/mol. The molecule has 0 bridgehead atoms. The Morgan fingerprint density at radius 1 is 0.632 bits per heavy atom. The molecule has 1 aliphatic rings. The molecule has 3 aromatic heterocycles. The largest absolute Gasteiger partial charge is 0.307 e. The molecule has 4 aromatic carbocycles. The van der Waals surface area contributed by atoms with E-state index in [0.717, 1.165) is 11.3 Å². The van der Waals surface area contributed by atoms with Gasteiger partial charge in [-0.2, -0.15) is 0 Å². The van der Waals surface area contributed by atoms with Crippen LogP contribution < -0.4 is 0 Å². The normalized spacial score (nSPS) is 13.7. The number of benzene rings is 4. The summed E-state index contributed by atoms with van der Waals surface area (Å²) in [6.07, 6.45) is 5.83. The van der Waals surface area contributed by atoms with Crippen LogP contribution in [0.2, 0.25) is 0 Å². The van der Waals surface area contributed by atoms with E-state index in [9.17, 15) is 0 Å². The SMILES string of the molecule is CC1(C)c2ccncc2-n2c3ccc(-c4cccc(-c5nccc6ccccc56)c4)cc3c3cccc1c32. The number of nitrogens with zero attached hydrogens (tertiary/aromatic N) is 3. The fourth-order valence-corrected chi connectivity index (χ4v) is 6.44. The maximum absolute atomic E-state index is 4.76. The van der Waals surface area contributed by atoms with Gasteiger partial charge in [0, 0.05) is 39.5 Å². The highest BCUT2D eigenvalue weighted by Gasteiger charge is 2.35. The van der Waals surface area contributed by atoms with Crippen LogP contribution in [-0.4, -0.2) is 14.5 Å². The first-order valence-electron chi connectivity index (χ1n) is 13.1. The van der Waals surface area contributed by atoms with Gasteiger partial charge in [0.25, 0.3) is 0 Å². The maximum atomic E-state index is 4.76. The first-order valence-corrected chi connectivity index (χ1v) is 13.1. The molecule has 0 amide bonds. The van der Waals surface area contributed by atoms with E-state index in [0.29, 0.717) is 0 Å². The van der Waals surface area contributed by atoms with Gasteiger partial charge >= 0.3 is 0 Å². The quantitative estimate of drug-likeness (QED) is 0.244. The highest BCUT2D eigenvalue weighted by molar-refractivity contribution is 6.12. The van der Waals surface area contributed by atoms with E-state index in [-0.39, 0.29) is 5.41 Å². The van der Waals surface area contributed by atoms with Crippen molar-refractivity contribution in [1.82, 2.24) is 14.5 Å². The summed E-state index contributed by atoms with van der Waals surface area (Å²) < 4.78 is 2.41. The third-order valence-corrected chi connectivity index (χ3v) is 8.32. The number of rotatable bonds is 2. The minimum absolute atomic E-state index is 0.0925. The summed E-state index contributed by atoms with van der Waals surface area (Å²) in [6.45, 7) is 4.64. The van der Waals surface area contributed by atoms with Gasteiger partial charge in [-0.1, -0.05) is 80.6 Å². The Morgan fingerprint density at radius 3 is 2.39 bits per heavy atom. The Morgan fingerprint density at radius 2 is 1.45 bits per heavy atom. The molecular formula is C35H25N3. The third kappa shape index (κ3) is 2.84. The topological polar surface area (TPSA) is 30.7 Å². The van der Waals surface area contributed by atoms with Crippen molar-refractivity contribution in [2.75, 3.05) is 0 Å². The van der Waals surface area contributed by atoms with Gasteiger partial charge in [0.1, 0.15) is 0 Å². The predicted molar refractivity (Wildman–Crippen MR) is 157 cm³/mol. The Kier molecular flexibility index (Phi) is 4.28. The molecular weight excluding hydrogens is 462 g/mol. The lowest BCUT2D eigenvalue weighted by Gasteiger charge is -2.34. The second-order valence-electron chi connectivity index (χ2n) is 10.7. The minimum atomic E-state index is -0.0925. The van der Waals surface area contributed by atoms with Crippen LogP contribution in [0.5, 0.6) is 0 Å². The summed E-state index contributed by atoms with van der Waals surface area (Å²) in [5.74, 6) is 0. The smallest absolute Gasteiger partial charge is 0.0780 e. The van der Waals surface area contributed by atoms with Gasteiger partial charge in [0.2, 0.25) is 0 Å². The number of hydrogen-bond donors (Lipinski definition) is 0. The van der Waals surface area contributed by atoms with E-state index >= 15 is 0 Å². The van der Waals surface area contributed by atoms with Crippen LogP contribution in [0, 0.1) is 0 Å². The molecule has 0 unspecified atom stereocenters. The molecule has 38 heavy (non-hydrogen) atoms. The van der Waals surface area contributed by atoms with E-state index in [1.54, 1.807) is 0 Å². The molecule has 3 heteroatoms. The lowest BCUT2D eigenvalue weighted by atomic mass is 9.75. The van der Waals surface area contributed by atoms with Crippen molar-refractivity contribution in [3.05, 3.63) is 127 Å². The molecule has 1 aliphatic heterocycles. The van der Waals surface area contributed by atoms with E-state index in [4.69, 9.17) is 4.98 Å². The molecule has 3 nitrogen and oxygen atoms in total. The highest BCUT2D eigenvalue weighted by atomic mass is 15.0. The standard InChI is InChI=1S/C35H25N3/c1-35(2)29-16-17-36-21-32(29)38-31-14-13-24(20-28(31)27-11-6-12-30(35)34(27)38)23-8-5-9-25(19-23)33-26-10-4-3-7-22(26)15-18-37-33/h3-21H,1-2H3. The molecule has 8 rings (SSSR count). The van der Waals surface area contributed by atoms with Crippen molar-refractivity contribution in [2.24, 2.45) is 0 Å². The fourth-order valence-electron chi connectivity index (χ4n) is 6.44. The van der Waals surface area contributed by atoms with Crippen molar-refractivity contribution in [3.63, 3.8) is 0 Å². The van der Waals surface area contributed by atoms with Gasteiger partial charge in [0.15, 0.2) is 0 Å². The molecule has 0 aliphatic carbocycles. The third-order valence-electron chi connectivity index (χ3n) is 8.32. The Balaban J connectivity index is 1.36. The number of para-hydroxylation sites is 1. The minimum Gasteiger partial charge on any atom is -0.307 e. The summed E-state index contributed by atoms with van der Waals surface area (Å²) in [5.41, 5.74) is 10.8. The highest BCUT2D eigenvalue weighted by Crippen LogP contribution is 2.47. The zero-order valence-electron chi connectivity index (χ0n) is 21.3. The molecule has 180 valence electrons. The number of fused-ring (bicyclic) bond motifs is 6. The van der Waals surface area contributed by atoms with E-state index in [2.05, 4.69) is 120 Å². The zero-order valence-corrected chi connectivity index (χ0v) is 21.3. The summed E-state index contributed by atoms with van der Waals surface area (Å²) in [6, 6.07) is 35.1. The fraction of sp³-hybridized carbons (Fsp3) is 0.0857. The summed E-state index contributed by atoms with van der Waals surface area (Å²) in [5, 5.41) is 4.93. The number of hydrogen-bond acceptors (Lipinski definition) is 2. The van der Waals surface area contributed by atoms with Crippen molar-refractivity contribution in [2.45, 2.75) is 19.3 Å². The van der Waals surface area contributed by atoms with Crippen LogP contribution in [0.25, 0.3) is 60.6 Å². The van der Waals surface area contributed by atoms with E-state index in [1.807, 2.05) is 18.6 Å². The van der Waals surface area contributed by atoms with Crippen LogP contribution >= 0.6 is 0 Å². The van der Waals surface area contributed by atoms with E-state index in [1.165, 1.54) is 60.5 Å². The molecule has 0 N–H and O–H groups in total. The van der Waals surface area contributed by atoms with Gasteiger partial charge in [0.05, 0.1) is 28.6 Å². The molecule has 0 spiro atoms. The molecule has 7 aromatic rings. The molecule has 4 heterocycles. The van der Waals surface area contributed by atoms with Crippen LogP contribution in [0.15, 0.2) is 116 Å². The van der Waals surface area contributed by atoms with Gasteiger partial charge in [-0.15, -0.1) is 0 Å². The average molecular weight is 488 g/mol. The molecule has 0 saturated carbocycles. The second kappa shape index (κ2) is 7.62. The second-order valence-corrected chi connectivity index (χ2v) is 10.7. The summed E-state index contributed by atoms with van der Waals surface area (Å²) >= 11 is 0. The van der Waals surface area contributed by atoms with Crippen LogP contribution in [0.3, 0.4) is 0 Å². The lowest BCUT2D eigenvalue weighted by Crippen LogP contribution is -2.26. The summed E-state index contributed by atoms with van der Waals surface area (Å²) in [7, 11) is 0.